The normalized spacial score (nSPS) is 25.6. The van der Waals surface area contributed by atoms with Crippen LogP contribution < -0.4 is 4.90 Å². The average molecular weight is 333 g/mol. The molecule has 6 heteroatoms. The van der Waals surface area contributed by atoms with Crippen molar-refractivity contribution in [3.05, 3.63) is 30.1 Å². The Balaban J connectivity index is 1.57. The van der Waals surface area contributed by atoms with Gasteiger partial charge in [-0.3, -0.25) is 19.4 Å². The van der Waals surface area contributed by atoms with Gasteiger partial charge in [0.1, 0.15) is 5.82 Å². The van der Waals surface area contributed by atoms with Gasteiger partial charge in [0.15, 0.2) is 0 Å². The van der Waals surface area contributed by atoms with E-state index in [0.29, 0.717) is 19.5 Å². The minimum absolute atomic E-state index is 0.0454. The van der Waals surface area contributed by atoms with E-state index in [1.807, 2.05) is 13.8 Å². The molecule has 5 nitrogen and oxygen atoms in total. The number of carbonyl (C=O) groups excluding carboxylic acids is 2. The van der Waals surface area contributed by atoms with E-state index in [1.54, 1.807) is 12.1 Å². The summed E-state index contributed by atoms with van der Waals surface area (Å²) in [7, 11) is 0. The second kappa shape index (κ2) is 6.51. The quantitative estimate of drug-likeness (QED) is 0.792. The molecular formula is C18H24FN3O2. The Morgan fingerprint density at radius 2 is 1.71 bits per heavy atom. The maximum Gasteiger partial charge on any atom is 0.236 e. The number of nitrogens with zero attached hydrogens (tertiary/aromatic N) is 3. The molecule has 1 atom stereocenters. The van der Waals surface area contributed by atoms with Crippen LogP contribution in [0.2, 0.25) is 0 Å². The predicted molar refractivity (Wildman–Crippen MR) is 89.9 cm³/mol. The molecule has 2 saturated heterocycles. The molecule has 1 unspecified atom stereocenters. The number of hydrogen-bond acceptors (Lipinski definition) is 4. The monoisotopic (exact) mass is 333 g/mol. The minimum Gasteiger partial charge on any atom is -0.369 e. The molecule has 0 radical (unpaired) electrons. The molecule has 3 rings (SSSR count). The molecule has 2 aliphatic rings. The number of anilines is 1. The third-order valence-corrected chi connectivity index (χ3v) is 5.29. The first kappa shape index (κ1) is 16.9. The Kier molecular flexibility index (Phi) is 4.58. The van der Waals surface area contributed by atoms with E-state index in [4.69, 9.17) is 0 Å². The second-order valence-electron chi connectivity index (χ2n) is 6.94. The fourth-order valence-corrected chi connectivity index (χ4v) is 3.36. The van der Waals surface area contributed by atoms with Gasteiger partial charge in [-0.1, -0.05) is 13.8 Å². The summed E-state index contributed by atoms with van der Waals surface area (Å²) in [5.74, 6) is -0.344. The minimum atomic E-state index is -0.535. The van der Waals surface area contributed by atoms with E-state index < -0.39 is 5.41 Å². The van der Waals surface area contributed by atoms with Gasteiger partial charge in [-0.15, -0.1) is 0 Å². The van der Waals surface area contributed by atoms with Gasteiger partial charge in [0, 0.05) is 38.3 Å². The van der Waals surface area contributed by atoms with Crippen LogP contribution in [0.15, 0.2) is 24.3 Å². The van der Waals surface area contributed by atoms with Crippen LogP contribution in [0.25, 0.3) is 0 Å². The van der Waals surface area contributed by atoms with E-state index in [-0.39, 0.29) is 17.6 Å². The Morgan fingerprint density at radius 3 is 2.25 bits per heavy atom. The van der Waals surface area contributed by atoms with Crippen molar-refractivity contribution in [1.82, 2.24) is 9.80 Å². The van der Waals surface area contributed by atoms with Crippen molar-refractivity contribution in [2.24, 2.45) is 5.41 Å². The smallest absolute Gasteiger partial charge is 0.236 e. The van der Waals surface area contributed by atoms with Gasteiger partial charge in [-0.25, -0.2) is 4.39 Å². The standard InChI is InChI=1S/C18H24FN3O2/c1-3-18(2)12-16(23)22(17(18)24)13-20-8-10-21(11-9-20)15-6-4-14(19)5-7-15/h4-7H,3,8-13H2,1-2H3. The lowest BCUT2D eigenvalue weighted by molar-refractivity contribution is -0.143. The summed E-state index contributed by atoms with van der Waals surface area (Å²) in [6.07, 6.45) is 1.00. The van der Waals surface area contributed by atoms with Crippen molar-refractivity contribution in [2.75, 3.05) is 37.7 Å². The van der Waals surface area contributed by atoms with E-state index in [9.17, 15) is 14.0 Å². The molecule has 0 bridgehead atoms. The van der Waals surface area contributed by atoms with Crippen LogP contribution in [0, 0.1) is 11.2 Å². The number of rotatable bonds is 4. The fourth-order valence-electron chi connectivity index (χ4n) is 3.36. The van der Waals surface area contributed by atoms with Gasteiger partial charge in [0.05, 0.1) is 12.1 Å². The number of imide groups is 1. The lowest BCUT2D eigenvalue weighted by atomic mass is 9.86. The number of carbonyl (C=O) groups is 2. The van der Waals surface area contributed by atoms with E-state index in [0.717, 1.165) is 31.9 Å². The van der Waals surface area contributed by atoms with Gasteiger partial charge in [0.25, 0.3) is 0 Å². The summed E-state index contributed by atoms with van der Waals surface area (Å²) in [5, 5.41) is 0. The highest BCUT2D eigenvalue weighted by Crippen LogP contribution is 2.35. The molecule has 0 aromatic heterocycles. The van der Waals surface area contributed by atoms with E-state index >= 15 is 0 Å². The summed E-state index contributed by atoms with van der Waals surface area (Å²) in [6, 6.07) is 6.50. The molecule has 24 heavy (non-hydrogen) atoms. The molecule has 0 N–H and O–H groups in total. The van der Waals surface area contributed by atoms with Gasteiger partial charge in [-0.05, 0) is 30.7 Å². The molecular weight excluding hydrogens is 309 g/mol. The molecule has 1 aromatic carbocycles. The molecule has 2 heterocycles. The first-order valence-electron chi connectivity index (χ1n) is 8.50. The highest BCUT2D eigenvalue weighted by atomic mass is 19.1. The fraction of sp³-hybridized carbons (Fsp3) is 0.556. The first-order valence-corrected chi connectivity index (χ1v) is 8.50. The van der Waals surface area contributed by atoms with Crippen LogP contribution in [0.5, 0.6) is 0 Å². The third-order valence-electron chi connectivity index (χ3n) is 5.29. The first-order chi connectivity index (χ1) is 11.4. The van der Waals surface area contributed by atoms with Crippen molar-refractivity contribution in [3.8, 4) is 0 Å². The maximum atomic E-state index is 13.0. The van der Waals surface area contributed by atoms with Crippen LogP contribution in [0.3, 0.4) is 0 Å². The van der Waals surface area contributed by atoms with Crippen molar-refractivity contribution in [2.45, 2.75) is 26.7 Å². The lowest BCUT2D eigenvalue weighted by Gasteiger charge is -2.37. The summed E-state index contributed by atoms with van der Waals surface area (Å²) >= 11 is 0. The molecule has 0 saturated carbocycles. The van der Waals surface area contributed by atoms with Crippen LogP contribution in [-0.2, 0) is 9.59 Å². The van der Waals surface area contributed by atoms with Gasteiger partial charge in [-0.2, -0.15) is 0 Å². The molecule has 2 amide bonds. The number of halogens is 1. The van der Waals surface area contributed by atoms with E-state index in [1.165, 1.54) is 17.0 Å². The molecule has 130 valence electrons. The number of amides is 2. The highest BCUT2D eigenvalue weighted by Gasteiger charge is 2.47. The number of piperazine rings is 1. The highest BCUT2D eigenvalue weighted by molar-refractivity contribution is 6.05. The zero-order valence-corrected chi connectivity index (χ0v) is 14.3. The SMILES string of the molecule is CCC1(C)CC(=O)N(CN2CCN(c3ccc(F)cc3)CC2)C1=O. The zero-order valence-electron chi connectivity index (χ0n) is 14.3. The summed E-state index contributed by atoms with van der Waals surface area (Å²) in [6.45, 7) is 7.36. The zero-order chi connectivity index (χ0) is 17.3. The Morgan fingerprint density at radius 1 is 1.08 bits per heavy atom. The predicted octanol–water partition coefficient (Wildman–Crippen LogP) is 2.08. The lowest BCUT2D eigenvalue weighted by Crippen LogP contribution is -2.51. The van der Waals surface area contributed by atoms with Gasteiger partial charge < -0.3 is 4.90 Å². The van der Waals surface area contributed by atoms with E-state index in [2.05, 4.69) is 9.80 Å². The Labute approximate surface area is 142 Å². The topological polar surface area (TPSA) is 43.9 Å². The molecule has 2 aliphatic heterocycles. The van der Waals surface area contributed by atoms with Crippen LogP contribution >= 0.6 is 0 Å². The molecule has 0 aliphatic carbocycles. The van der Waals surface area contributed by atoms with Crippen LogP contribution in [-0.4, -0.2) is 54.5 Å². The molecule has 2 fully saturated rings. The number of benzene rings is 1. The van der Waals surface area contributed by atoms with Crippen molar-refractivity contribution in [1.29, 1.82) is 0 Å². The van der Waals surface area contributed by atoms with Crippen LogP contribution in [0.4, 0.5) is 10.1 Å². The maximum absolute atomic E-state index is 13.0. The Bertz CT molecular complexity index is 626. The van der Waals surface area contributed by atoms with Gasteiger partial charge >= 0.3 is 0 Å². The summed E-state index contributed by atoms with van der Waals surface area (Å²) in [5.41, 5.74) is 0.468. The number of likely N-dealkylation sites (tertiary alicyclic amines) is 1. The summed E-state index contributed by atoms with van der Waals surface area (Å²) in [4.78, 5) is 30.4. The summed E-state index contributed by atoms with van der Waals surface area (Å²) < 4.78 is 13.0. The van der Waals surface area contributed by atoms with Crippen molar-refractivity contribution >= 4 is 17.5 Å². The van der Waals surface area contributed by atoms with Crippen molar-refractivity contribution < 1.29 is 14.0 Å². The largest absolute Gasteiger partial charge is 0.369 e. The molecule has 0 spiro atoms. The van der Waals surface area contributed by atoms with Crippen LogP contribution in [0.1, 0.15) is 26.7 Å². The molecule has 1 aromatic rings. The van der Waals surface area contributed by atoms with Gasteiger partial charge in [0.2, 0.25) is 11.8 Å². The third kappa shape index (κ3) is 3.15. The second-order valence-corrected chi connectivity index (χ2v) is 6.94. The van der Waals surface area contributed by atoms with Crippen molar-refractivity contribution in [3.63, 3.8) is 0 Å². The average Bonchev–Trinajstić information content (AvgIpc) is 2.80. The number of hydrogen-bond donors (Lipinski definition) is 0. The Hall–Kier alpha value is -1.95.